The Morgan fingerprint density at radius 2 is 1.53 bits per heavy atom. The molecule has 0 atom stereocenters. The normalized spacial score (nSPS) is 14.4. The Morgan fingerprint density at radius 1 is 1.00 bits per heavy atom. The first-order valence-electron chi connectivity index (χ1n) is 7.11. The van der Waals surface area contributed by atoms with Gasteiger partial charge >= 0.3 is 0 Å². The molecule has 0 fully saturated rings. The second-order valence-corrected chi connectivity index (χ2v) is 6.66. The molecule has 1 aromatic rings. The smallest absolute Gasteiger partial charge is 0.125 e. The summed E-state index contributed by atoms with van der Waals surface area (Å²) in [6, 6.07) is 0.884. The molecule has 0 aliphatic carbocycles. The highest BCUT2D eigenvalue weighted by molar-refractivity contribution is 5.48. The zero-order valence-corrected chi connectivity index (χ0v) is 12.4. The summed E-state index contributed by atoms with van der Waals surface area (Å²) >= 11 is 0. The van der Waals surface area contributed by atoms with Gasteiger partial charge in [-0.25, -0.2) is 0 Å². The molecular formula is C16H26O. The van der Waals surface area contributed by atoms with E-state index in [4.69, 9.17) is 7.48 Å². The van der Waals surface area contributed by atoms with E-state index in [9.17, 15) is 0 Å². The molecular weight excluding hydrogens is 208 g/mol. The molecule has 0 saturated carbocycles. The van der Waals surface area contributed by atoms with Crippen molar-refractivity contribution in [1.82, 2.24) is 0 Å². The number of benzene rings is 1. The number of hydrogen-bond donors (Lipinski definition) is 0. The third-order valence-corrected chi connectivity index (χ3v) is 2.83. The molecule has 1 heteroatoms. The van der Waals surface area contributed by atoms with Crippen LogP contribution < -0.4 is 4.74 Å². The molecule has 1 nitrogen and oxygen atoms in total. The van der Waals surface area contributed by atoms with Crippen molar-refractivity contribution < 1.29 is 7.48 Å². The zero-order chi connectivity index (χ0) is 15.2. The molecule has 0 saturated heterocycles. The van der Waals surface area contributed by atoms with E-state index in [0.717, 1.165) is 16.7 Å². The van der Waals surface area contributed by atoms with E-state index in [-0.39, 0.29) is 10.8 Å². The highest BCUT2D eigenvalue weighted by atomic mass is 16.5. The van der Waals surface area contributed by atoms with Gasteiger partial charge in [0, 0.05) is 5.56 Å². The summed E-state index contributed by atoms with van der Waals surface area (Å²) in [5.41, 5.74) is 2.13. The molecule has 0 radical (unpaired) electrons. The fourth-order valence-electron chi connectivity index (χ4n) is 1.80. The van der Waals surface area contributed by atoms with Crippen LogP contribution in [0.4, 0.5) is 0 Å². The summed E-state index contributed by atoms with van der Waals surface area (Å²) in [5, 5.41) is 0. The first-order valence-corrected chi connectivity index (χ1v) is 6.11. The molecule has 0 spiro atoms. The summed E-state index contributed by atoms with van der Waals surface area (Å²) in [5.74, 6) is 0.690. The van der Waals surface area contributed by atoms with E-state index < -0.39 is 0 Å². The van der Waals surface area contributed by atoms with Gasteiger partial charge in [0.05, 0.1) is 9.85 Å². The lowest BCUT2D eigenvalue weighted by Gasteiger charge is -2.28. The maximum Gasteiger partial charge on any atom is 0.125 e. The lowest BCUT2D eigenvalue weighted by atomic mass is 9.79. The van der Waals surface area contributed by atoms with E-state index in [0.29, 0.717) is 17.8 Å². The van der Waals surface area contributed by atoms with Crippen LogP contribution in [0.25, 0.3) is 0 Å². The van der Waals surface area contributed by atoms with Gasteiger partial charge in [-0.3, -0.25) is 0 Å². The van der Waals surface area contributed by atoms with Crippen molar-refractivity contribution >= 4 is 0 Å². The molecule has 17 heavy (non-hydrogen) atoms. The van der Waals surface area contributed by atoms with Crippen molar-refractivity contribution in [3.8, 4) is 5.75 Å². The summed E-state index contributed by atoms with van der Waals surface area (Å²) in [7, 11) is 1.62. The van der Waals surface area contributed by atoms with Crippen molar-refractivity contribution in [2.24, 2.45) is 0 Å². The Labute approximate surface area is 109 Å². The van der Waals surface area contributed by atoms with E-state index in [2.05, 4.69) is 41.5 Å². The fraction of sp³-hybridized carbons (Fsp3) is 0.625. The quantitative estimate of drug-likeness (QED) is 0.692. The van der Waals surface area contributed by atoms with E-state index in [1.165, 1.54) is 0 Å². The van der Waals surface area contributed by atoms with Crippen LogP contribution in [-0.4, -0.2) is 7.11 Å². The Morgan fingerprint density at radius 3 is 1.88 bits per heavy atom. The molecule has 0 amide bonds. The minimum atomic E-state index is -0.217. The van der Waals surface area contributed by atoms with E-state index >= 15 is 0 Å². The highest BCUT2D eigenvalue weighted by Gasteiger charge is 2.24. The SMILES string of the molecule is [2H]c1c(C)c(OC)c(C(C)(C)C)c([2H])c1C(C)(C)C. The monoisotopic (exact) mass is 236 g/mol. The van der Waals surface area contributed by atoms with Crippen molar-refractivity contribution in [2.45, 2.75) is 59.3 Å². The molecule has 1 aromatic carbocycles. The number of hydrogen-bond acceptors (Lipinski definition) is 1. The predicted octanol–water partition coefficient (Wildman–Crippen LogP) is 4.60. The Kier molecular flexibility index (Phi) is 2.85. The average Bonchev–Trinajstić information content (AvgIpc) is 2.19. The number of rotatable bonds is 1. The standard InChI is InChI=1S/C16H26O/c1-11-9-12(15(2,3)4)10-13(14(11)17-8)16(5,6)7/h9-10H,1-8H3/i9D,10D. The third-order valence-electron chi connectivity index (χ3n) is 2.83. The Bertz CT molecular complexity index is 491. The van der Waals surface area contributed by atoms with Gasteiger partial charge in [0.1, 0.15) is 5.75 Å². The highest BCUT2D eigenvalue weighted by Crippen LogP contribution is 2.37. The predicted molar refractivity (Wildman–Crippen MR) is 75.1 cm³/mol. The third kappa shape index (κ3) is 3.02. The van der Waals surface area contributed by atoms with Crippen molar-refractivity contribution in [1.29, 1.82) is 0 Å². The number of ether oxygens (including phenoxy) is 1. The molecule has 0 unspecified atom stereocenters. The van der Waals surface area contributed by atoms with Crippen LogP contribution in [0.15, 0.2) is 12.1 Å². The topological polar surface area (TPSA) is 9.23 Å². The van der Waals surface area contributed by atoms with E-state index in [1.807, 2.05) is 6.92 Å². The van der Waals surface area contributed by atoms with Crippen LogP contribution in [0.1, 0.15) is 61.0 Å². The molecule has 0 aliphatic heterocycles. The van der Waals surface area contributed by atoms with Gasteiger partial charge in [-0.15, -0.1) is 0 Å². The molecule has 1 rings (SSSR count). The summed E-state index contributed by atoms with van der Waals surface area (Å²) in [6.07, 6.45) is 0. The molecule has 0 aliphatic rings. The summed E-state index contributed by atoms with van der Waals surface area (Å²) in [6.45, 7) is 14.3. The first-order chi connectivity index (χ1) is 8.42. The van der Waals surface area contributed by atoms with Gasteiger partial charge in [-0.05, 0) is 28.9 Å². The molecule has 0 heterocycles. The van der Waals surface area contributed by atoms with Crippen LogP contribution in [0.5, 0.6) is 5.75 Å². The van der Waals surface area contributed by atoms with Crippen molar-refractivity contribution in [2.75, 3.05) is 7.11 Å². The zero-order valence-electron chi connectivity index (χ0n) is 14.4. The second kappa shape index (κ2) is 4.36. The second-order valence-electron chi connectivity index (χ2n) is 6.66. The molecule has 0 bridgehead atoms. The van der Waals surface area contributed by atoms with Crippen LogP contribution in [0, 0.1) is 6.92 Å². The lowest BCUT2D eigenvalue weighted by Crippen LogP contribution is -2.18. The van der Waals surface area contributed by atoms with Gasteiger partial charge in [-0.2, -0.15) is 0 Å². The fourth-order valence-corrected chi connectivity index (χ4v) is 1.80. The van der Waals surface area contributed by atoms with Crippen LogP contribution in [-0.2, 0) is 10.8 Å². The van der Waals surface area contributed by atoms with Gasteiger partial charge in [0.2, 0.25) is 0 Å². The van der Waals surface area contributed by atoms with Gasteiger partial charge < -0.3 is 4.74 Å². The van der Waals surface area contributed by atoms with E-state index in [1.54, 1.807) is 7.11 Å². The molecule has 0 N–H and O–H groups in total. The maximum absolute atomic E-state index is 8.54. The minimum absolute atomic E-state index is 0.180. The summed E-state index contributed by atoms with van der Waals surface area (Å²) in [4.78, 5) is 0. The molecule has 96 valence electrons. The average molecular weight is 236 g/mol. The maximum atomic E-state index is 8.54. The largest absolute Gasteiger partial charge is 0.496 e. The van der Waals surface area contributed by atoms with Crippen LogP contribution in [0.3, 0.4) is 0 Å². The molecule has 0 aromatic heterocycles. The van der Waals surface area contributed by atoms with Gasteiger partial charge in [0.15, 0.2) is 0 Å². The van der Waals surface area contributed by atoms with Crippen molar-refractivity contribution in [3.05, 3.63) is 28.8 Å². The Hall–Kier alpha value is -0.980. The summed E-state index contributed by atoms with van der Waals surface area (Å²) < 4.78 is 22.4. The van der Waals surface area contributed by atoms with Gasteiger partial charge in [-0.1, -0.05) is 53.6 Å². The lowest BCUT2D eigenvalue weighted by molar-refractivity contribution is 0.393. The first kappa shape index (κ1) is 11.1. The minimum Gasteiger partial charge on any atom is -0.496 e. The number of methoxy groups -OCH3 is 1. The van der Waals surface area contributed by atoms with Gasteiger partial charge in [0.25, 0.3) is 0 Å². The Balaban J connectivity index is 3.88. The van der Waals surface area contributed by atoms with Crippen LogP contribution >= 0.6 is 0 Å². The van der Waals surface area contributed by atoms with Crippen molar-refractivity contribution in [3.63, 3.8) is 0 Å². The van der Waals surface area contributed by atoms with Crippen LogP contribution in [0.2, 0.25) is 0 Å².